The first-order chi connectivity index (χ1) is 13.8. The Morgan fingerprint density at radius 3 is 2.62 bits per heavy atom. The van der Waals surface area contributed by atoms with Gasteiger partial charge in [0.1, 0.15) is 10.6 Å². The van der Waals surface area contributed by atoms with E-state index in [0.29, 0.717) is 6.54 Å². The molecule has 7 nitrogen and oxygen atoms in total. The van der Waals surface area contributed by atoms with Crippen molar-refractivity contribution in [3.63, 3.8) is 0 Å². The molecule has 1 aliphatic rings. The second-order valence-electron chi connectivity index (χ2n) is 7.07. The normalized spacial score (nSPS) is 14.7. The van der Waals surface area contributed by atoms with Crippen molar-refractivity contribution in [1.82, 2.24) is 9.62 Å². The number of benzene rings is 2. The molecule has 0 radical (unpaired) electrons. The van der Waals surface area contributed by atoms with E-state index in [1.54, 1.807) is 12.1 Å². The highest BCUT2D eigenvalue weighted by molar-refractivity contribution is 7.90. The first-order valence-electron chi connectivity index (χ1n) is 9.47. The second-order valence-corrected chi connectivity index (χ2v) is 8.90. The number of hydrogen-bond donors (Lipinski definition) is 1. The molecule has 0 atom stereocenters. The van der Waals surface area contributed by atoms with Crippen LogP contribution in [0, 0.1) is 0 Å². The summed E-state index contributed by atoms with van der Waals surface area (Å²) in [7, 11) is -3.83. The highest BCUT2D eigenvalue weighted by atomic mass is 32.2. The van der Waals surface area contributed by atoms with Crippen molar-refractivity contribution in [1.29, 1.82) is 0 Å². The predicted molar refractivity (Wildman–Crippen MR) is 108 cm³/mol. The van der Waals surface area contributed by atoms with Gasteiger partial charge >= 0.3 is 0 Å². The van der Waals surface area contributed by atoms with Crippen LogP contribution in [-0.2, 0) is 21.4 Å². The van der Waals surface area contributed by atoms with Gasteiger partial charge in [0.05, 0.1) is 11.7 Å². The van der Waals surface area contributed by atoms with Crippen molar-refractivity contribution in [2.45, 2.75) is 44.2 Å². The average Bonchev–Trinajstić information content (AvgIpc) is 2.87. The summed E-state index contributed by atoms with van der Waals surface area (Å²) in [5, 5.41) is 2.81. The summed E-state index contributed by atoms with van der Waals surface area (Å²) in [6.07, 6.45) is 0.439. The van der Waals surface area contributed by atoms with Gasteiger partial charge < -0.3 is 10.1 Å². The topological polar surface area (TPSA) is 92.8 Å². The molecular formula is C21H24N2O5S. The Bertz CT molecular complexity index is 1020. The number of sulfonamides is 1. The lowest BCUT2D eigenvalue weighted by molar-refractivity contribution is -0.121. The van der Waals surface area contributed by atoms with Crippen molar-refractivity contribution >= 4 is 21.8 Å². The average molecular weight is 416 g/mol. The fourth-order valence-corrected chi connectivity index (χ4v) is 4.73. The highest BCUT2D eigenvalue weighted by Gasteiger charge is 2.40. The van der Waals surface area contributed by atoms with Gasteiger partial charge in [0, 0.05) is 19.5 Å². The van der Waals surface area contributed by atoms with E-state index < -0.39 is 15.9 Å². The van der Waals surface area contributed by atoms with Gasteiger partial charge in [-0.3, -0.25) is 9.59 Å². The maximum atomic E-state index is 12.5. The number of amides is 2. The van der Waals surface area contributed by atoms with Crippen LogP contribution in [-0.4, -0.2) is 37.2 Å². The summed E-state index contributed by atoms with van der Waals surface area (Å²) in [6.45, 7) is 4.21. The maximum absolute atomic E-state index is 12.5. The maximum Gasteiger partial charge on any atom is 0.269 e. The molecule has 3 rings (SSSR count). The minimum atomic E-state index is -3.83. The molecule has 0 saturated carbocycles. The molecule has 1 N–H and O–H groups in total. The molecule has 1 heterocycles. The van der Waals surface area contributed by atoms with Gasteiger partial charge in [-0.1, -0.05) is 24.3 Å². The highest BCUT2D eigenvalue weighted by Crippen LogP contribution is 2.29. The predicted octanol–water partition coefficient (Wildman–Crippen LogP) is 2.71. The van der Waals surface area contributed by atoms with E-state index in [1.165, 1.54) is 12.1 Å². The van der Waals surface area contributed by atoms with Crippen molar-refractivity contribution in [3.05, 3.63) is 59.7 Å². The lowest BCUT2D eigenvalue weighted by Gasteiger charge is -2.15. The Balaban J connectivity index is 1.49. The molecule has 8 heteroatoms. The summed E-state index contributed by atoms with van der Waals surface area (Å²) in [4.78, 5) is 24.5. The van der Waals surface area contributed by atoms with Crippen molar-refractivity contribution in [3.8, 4) is 5.75 Å². The Kier molecular flexibility index (Phi) is 6.22. The van der Waals surface area contributed by atoms with Gasteiger partial charge in [0.15, 0.2) is 0 Å². The smallest absolute Gasteiger partial charge is 0.269 e. The summed E-state index contributed by atoms with van der Waals surface area (Å²) < 4.78 is 31.4. The zero-order valence-corrected chi connectivity index (χ0v) is 17.2. The van der Waals surface area contributed by atoms with Gasteiger partial charge in [-0.15, -0.1) is 0 Å². The molecule has 0 unspecified atom stereocenters. The molecule has 0 aliphatic carbocycles. The number of nitrogens with one attached hydrogen (secondary N) is 1. The number of rotatable bonds is 8. The van der Waals surface area contributed by atoms with Gasteiger partial charge in [-0.2, -0.15) is 0 Å². The standard InChI is InChI=1S/C21H24N2O5S/c1-15(2)28-17-8-5-7-16(13-17)14-22-20(24)11-6-12-23-21(25)18-9-3-4-10-19(18)29(23,26)27/h3-5,7-10,13,15H,6,11-12,14H2,1-2H3,(H,22,24). The first kappa shape index (κ1) is 20.9. The number of carbonyl (C=O) groups excluding carboxylic acids is 2. The van der Waals surface area contributed by atoms with E-state index in [9.17, 15) is 18.0 Å². The van der Waals surface area contributed by atoms with Gasteiger partial charge in [-0.05, 0) is 50.1 Å². The molecule has 1 aliphatic heterocycles. The minimum absolute atomic E-state index is 0.0259. The van der Waals surface area contributed by atoms with Crippen molar-refractivity contribution in [2.24, 2.45) is 0 Å². The number of ether oxygens (including phenoxy) is 1. The summed E-state index contributed by atoms with van der Waals surface area (Å²) >= 11 is 0. The molecule has 0 aromatic heterocycles. The van der Waals surface area contributed by atoms with Crippen molar-refractivity contribution < 1.29 is 22.7 Å². The molecule has 2 amide bonds. The van der Waals surface area contributed by atoms with Gasteiger partial charge in [0.25, 0.3) is 15.9 Å². The number of carbonyl (C=O) groups is 2. The third kappa shape index (κ3) is 4.76. The van der Waals surface area contributed by atoms with Crippen LogP contribution in [0.15, 0.2) is 53.4 Å². The monoisotopic (exact) mass is 416 g/mol. The third-order valence-electron chi connectivity index (χ3n) is 4.44. The van der Waals surface area contributed by atoms with Crippen LogP contribution in [0.5, 0.6) is 5.75 Å². The first-order valence-corrected chi connectivity index (χ1v) is 10.9. The largest absolute Gasteiger partial charge is 0.491 e. The van der Waals surface area contributed by atoms with Crippen LogP contribution in [0.25, 0.3) is 0 Å². The van der Waals surface area contributed by atoms with Gasteiger partial charge in [-0.25, -0.2) is 12.7 Å². The molecule has 0 fully saturated rings. The molecule has 2 aromatic rings. The number of nitrogens with zero attached hydrogens (tertiary/aromatic N) is 1. The van der Waals surface area contributed by atoms with Crippen LogP contribution < -0.4 is 10.1 Å². The summed E-state index contributed by atoms with van der Waals surface area (Å²) in [5.41, 5.74) is 1.09. The van der Waals surface area contributed by atoms with Crippen LogP contribution in [0.2, 0.25) is 0 Å². The Morgan fingerprint density at radius 1 is 1.14 bits per heavy atom. The molecule has 2 aromatic carbocycles. The SMILES string of the molecule is CC(C)Oc1cccc(CNC(=O)CCCN2C(=O)c3ccccc3S2(=O)=O)c1. The van der Waals surface area contributed by atoms with E-state index in [1.807, 2.05) is 38.1 Å². The lowest BCUT2D eigenvalue weighted by Crippen LogP contribution is -2.32. The van der Waals surface area contributed by atoms with E-state index in [2.05, 4.69) is 5.32 Å². The van der Waals surface area contributed by atoms with Crippen LogP contribution >= 0.6 is 0 Å². The summed E-state index contributed by atoms with van der Waals surface area (Å²) in [5.74, 6) is -0.00576. The molecule has 0 bridgehead atoms. The Morgan fingerprint density at radius 2 is 1.90 bits per heavy atom. The summed E-state index contributed by atoms with van der Waals surface area (Å²) in [6, 6.07) is 13.6. The van der Waals surface area contributed by atoms with Crippen LogP contribution in [0.4, 0.5) is 0 Å². The molecule has 154 valence electrons. The third-order valence-corrected chi connectivity index (χ3v) is 6.28. The van der Waals surface area contributed by atoms with E-state index in [4.69, 9.17) is 4.74 Å². The molecule has 29 heavy (non-hydrogen) atoms. The fourth-order valence-electron chi connectivity index (χ4n) is 3.13. The lowest BCUT2D eigenvalue weighted by atomic mass is 10.2. The molecule has 0 saturated heterocycles. The second kappa shape index (κ2) is 8.65. The van der Waals surface area contributed by atoms with Crippen LogP contribution in [0.1, 0.15) is 42.6 Å². The quantitative estimate of drug-likeness (QED) is 0.714. The zero-order chi connectivity index (χ0) is 21.0. The Labute approximate surface area is 170 Å². The Hall–Kier alpha value is -2.87. The van der Waals surface area contributed by atoms with Crippen molar-refractivity contribution in [2.75, 3.05) is 6.54 Å². The van der Waals surface area contributed by atoms with E-state index >= 15 is 0 Å². The molecular weight excluding hydrogens is 392 g/mol. The fraction of sp³-hybridized carbons (Fsp3) is 0.333. The van der Waals surface area contributed by atoms with Crippen LogP contribution in [0.3, 0.4) is 0 Å². The van der Waals surface area contributed by atoms with E-state index in [0.717, 1.165) is 15.6 Å². The zero-order valence-electron chi connectivity index (χ0n) is 16.4. The number of fused-ring (bicyclic) bond motifs is 1. The minimum Gasteiger partial charge on any atom is -0.491 e. The van der Waals surface area contributed by atoms with Gasteiger partial charge in [0.2, 0.25) is 5.91 Å². The number of hydrogen-bond acceptors (Lipinski definition) is 5. The molecule has 0 spiro atoms. The van der Waals surface area contributed by atoms with E-state index in [-0.39, 0.29) is 41.9 Å².